The summed E-state index contributed by atoms with van der Waals surface area (Å²) in [6.07, 6.45) is 74.6. The molecule has 0 spiro atoms. The zero-order chi connectivity index (χ0) is 47.7. The summed E-state index contributed by atoms with van der Waals surface area (Å²) in [5.74, 6) is -0.502. The fourth-order valence-corrected chi connectivity index (χ4v) is 7.70. The van der Waals surface area contributed by atoms with Crippen molar-refractivity contribution in [3.05, 3.63) is 85.1 Å². The average molecular weight is 920 g/mol. The van der Waals surface area contributed by atoms with E-state index in [0.717, 1.165) is 70.6 Å². The molecule has 0 aromatic rings. The van der Waals surface area contributed by atoms with Crippen molar-refractivity contribution < 1.29 is 23.8 Å². The van der Waals surface area contributed by atoms with Crippen LogP contribution in [0.15, 0.2) is 85.1 Å². The Hall–Kier alpha value is -2.92. The van der Waals surface area contributed by atoms with Crippen LogP contribution in [-0.4, -0.2) is 37.9 Å². The fourth-order valence-electron chi connectivity index (χ4n) is 7.70. The molecule has 5 heteroatoms. The van der Waals surface area contributed by atoms with E-state index < -0.39 is 6.10 Å². The smallest absolute Gasteiger partial charge is 0.306 e. The molecule has 0 aromatic heterocycles. The van der Waals surface area contributed by atoms with Gasteiger partial charge in [-0.15, -0.1) is 0 Å². The molecule has 0 fully saturated rings. The minimum absolute atomic E-state index is 0.0393. The second-order valence-corrected chi connectivity index (χ2v) is 18.5. The van der Waals surface area contributed by atoms with Crippen molar-refractivity contribution in [3.63, 3.8) is 0 Å². The highest BCUT2D eigenvalue weighted by Crippen LogP contribution is 2.15. The highest BCUT2D eigenvalue weighted by molar-refractivity contribution is 5.70. The first-order chi connectivity index (χ1) is 32.6. The first kappa shape index (κ1) is 63.1. The summed E-state index contributed by atoms with van der Waals surface area (Å²) in [7, 11) is 0. The van der Waals surface area contributed by atoms with Crippen LogP contribution in [0.4, 0.5) is 0 Å². The molecule has 0 aliphatic carbocycles. The zero-order valence-corrected chi connectivity index (χ0v) is 43.7. The van der Waals surface area contributed by atoms with Gasteiger partial charge in [-0.3, -0.25) is 9.59 Å². The molecule has 0 unspecified atom stereocenters. The average Bonchev–Trinajstić information content (AvgIpc) is 3.32. The molecule has 0 amide bonds. The van der Waals surface area contributed by atoms with Crippen LogP contribution in [-0.2, 0) is 23.8 Å². The van der Waals surface area contributed by atoms with Crippen LogP contribution in [0.25, 0.3) is 0 Å². The molecule has 0 radical (unpaired) electrons. The van der Waals surface area contributed by atoms with Gasteiger partial charge in [0.25, 0.3) is 0 Å². The lowest BCUT2D eigenvalue weighted by Crippen LogP contribution is -2.30. The van der Waals surface area contributed by atoms with Crippen molar-refractivity contribution in [1.82, 2.24) is 0 Å². The van der Waals surface area contributed by atoms with E-state index in [2.05, 4.69) is 99.8 Å². The fraction of sp³-hybridized carbons (Fsp3) is 0.738. The monoisotopic (exact) mass is 919 g/mol. The maximum Gasteiger partial charge on any atom is 0.306 e. The molecule has 0 aromatic carbocycles. The predicted molar refractivity (Wildman–Crippen MR) is 288 cm³/mol. The van der Waals surface area contributed by atoms with Crippen molar-refractivity contribution in [2.75, 3.05) is 19.8 Å². The van der Waals surface area contributed by atoms with Crippen LogP contribution in [0.5, 0.6) is 0 Å². The van der Waals surface area contributed by atoms with Crippen LogP contribution < -0.4 is 0 Å². The van der Waals surface area contributed by atoms with Crippen molar-refractivity contribution in [1.29, 1.82) is 0 Å². The van der Waals surface area contributed by atoms with E-state index in [1.807, 2.05) is 6.08 Å². The maximum atomic E-state index is 12.8. The van der Waals surface area contributed by atoms with E-state index in [9.17, 15) is 9.59 Å². The van der Waals surface area contributed by atoms with Gasteiger partial charge >= 0.3 is 11.9 Å². The summed E-state index contributed by atoms with van der Waals surface area (Å²) in [5.41, 5.74) is 0. The Kier molecular flexibility index (Phi) is 53.9. The molecule has 380 valence electrons. The van der Waals surface area contributed by atoms with Gasteiger partial charge in [0.05, 0.1) is 6.61 Å². The number of hydrogen-bond donors (Lipinski definition) is 0. The van der Waals surface area contributed by atoms with Gasteiger partial charge in [-0.1, -0.05) is 247 Å². The highest BCUT2D eigenvalue weighted by Gasteiger charge is 2.17. The van der Waals surface area contributed by atoms with Crippen molar-refractivity contribution >= 4 is 11.9 Å². The summed E-state index contributed by atoms with van der Waals surface area (Å²) in [5, 5.41) is 0. The third kappa shape index (κ3) is 53.7. The Balaban J connectivity index is 4.40. The zero-order valence-electron chi connectivity index (χ0n) is 43.7. The van der Waals surface area contributed by atoms with Crippen molar-refractivity contribution in [3.8, 4) is 0 Å². The van der Waals surface area contributed by atoms with E-state index in [1.165, 1.54) is 154 Å². The topological polar surface area (TPSA) is 61.8 Å². The Morgan fingerprint density at radius 2 is 0.667 bits per heavy atom. The second-order valence-electron chi connectivity index (χ2n) is 18.5. The number of hydrogen-bond acceptors (Lipinski definition) is 5. The molecule has 0 bridgehead atoms. The molecule has 0 aliphatic heterocycles. The lowest BCUT2D eigenvalue weighted by Gasteiger charge is -2.18. The second kappa shape index (κ2) is 56.4. The van der Waals surface area contributed by atoms with Gasteiger partial charge < -0.3 is 14.2 Å². The summed E-state index contributed by atoms with van der Waals surface area (Å²) in [4.78, 5) is 25.4. The minimum atomic E-state index is -0.575. The van der Waals surface area contributed by atoms with Gasteiger partial charge in [0.2, 0.25) is 0 Å². The number of allylic oxidation sites excluding steroid dienone is 14. The van der Waals surface area contributed by atoms with E-state index >= 15 is 0 Å². The number of carbonyl (C=O) groups excluding carboxylic acids is 2. The normalized spacial score (nSPS) is 12.8. The SMILES string of the molecule is CCCCC/C=C\C/C=C\C/C=C\C/C=C\C/C=C\CCC(=O)OC[C@@H](COCCCCCCCCCCCCCCCCCC)OC(=O)CCCCCCC/C=C\C/C=C\CCCCC. The lowest BCUT2D eigenvalue weighted by atomic mass is 10.0. The molecule has 0 aliphatic rings. The van der Waals surface area contributed by atoms with Gasteiger partial charge in [0, 0.05) is 19.4 Å². The molecule has 0 heterocycles. The molecule has 66 heavy (non-hydrogen) atoms. The summed E-state index contributed by atoms with van der Waals surface area (Å²) >= 11 is 0. The Labute approximate surface area is 409 Å². The number of ether oxygens (including phenoxy) is 3. The van der Waals surface area contributed by atoms with Crippen LogP contribution in [0.2, 0.25) is 0 Å². The molecule has 0 N–H and O–H groups in total. The number of unbranched alkanes of at least 4 members (excludes halogenated alkanes) is 26. The molecule has 0 rings (SSSR count). The van der Waals surface area contributed by atoms with Gasteiger partial charge in [0.1, 0.15) is 6.61 Å². The third-order valence-electron chi connectivity index (χ3n) is 11.9. The molecule has 0 saturated carbocycles. The van der Waals surface area contributed by atoms with Crippen LogP contribution in [0.1, 0.15) is 265 Å². The number of esters is 2. The summed E-state index contributed by atoms with van der Waals surface area (Å²) in [6.45, 7) is 7.71. The maximum absolute atomic E-state index is 12.8. The van der Waals surface area contributed by atoms with E-state index in [-0.39, 0.29) is 25.2 Å². The van der Waals surface area contributed by atoms with Gasteiger partial charge in [-0.2, -0.15) is 0 Å². The Bertz CT molecular complexity index is 1220. The molecular weight excluding hydrogens is 813 g/mol. The van der Waals surface area contributed by atoms with Gasteiger partial charge in [0.15, 0.2) is 6.10 Å². The van der Waals surface area contributed by atoms with Crippen molar-refractivity contribution in [2.45, 2.75) is 271 Å². The molecular formula is C61H106O5. The molecule has 5 nitrogen and oxygen atoms in total. The lowest BCUT2D eigenvalue weighted by molar-refractivity contribution is -0.162. The van der Waals surface area contributed by atoms with Crippen LogP contribution >= 0.6 is 0 Å². The van der Waals surface area contributed by atoms with Crippen molar-refractivity contribution in [2.24, 2.45) is 0 Å². The highest BCUT2D eigenvalue weighted by atomic mass is 16.6. The van der Waals surface area contributed by atoms with Crippen LogP contribution in [0, 0.1) is 0 Å². The predicted octanol–water partition coefficient (Wildman–Crippen LogP) is 19.2. The van der Waals surface area contributed by atoms with E-state index in [0.29, 0.717) is 25.9 Å². The minimum Gasteiger partial charge on any atom is -0.462 e. The Morgan fingerprint density at radius 3 is 1.11 bits per heavy atom. The van der Waals surface area contributed by atoms with Gasteiger partial charge in [-0.05, 0) is 89.9 Å². The number of rotatable bonds is 51. The van der Waals surface area contributed by atoms with Crippen LogP contribution in [0.3, 0.4) is 0 Å². The summed E-state index contributed by atoms with van der Waals surface area (Å²) in [6, 6.07) is 0. The van der Waals surface area contributed by atoms with E-state index in [1.54, 1.807) is 0 Å². The molecule has 0 saturated heterocycles. The quantitative estimate of drug-likeness (QED) is 0.0346. The first-order valence-electron chi connectivity index (χ1n) is 28.1. The third-order valence-corrected chi connectivity index (χ3v) is 11.9. The largest absolute Gasteiger partial charge is 0.462 e. The number of carbonyl (C=O) groups is 2. The summed E-state index contributed by atoms with van der Waals surface area (Å²) < 4.78 is 17.4. The Morgan fingerprint density at radius 1 is 0.333 bits per heavy atom. The van der Waals surface area contributed by atoms with E-state index in [4.69, 9.17) is 14.2 Å². The molecule has 1 atom stereocenters. The van der Waals surface area contributed by atoms with Gasteiger partial charge in [-0.25, -0.2) is 0 Å². The first-order valence-corrected chi connectivity index (χ1v) is 28.1. The standard InChI is InChI=1S/C61H106O5/c1-4-7-10-13-16-19-22-25-28-30-31-32-34-36-39-42-45-48-51-54-60(62)65-58-59(57-64-56-53-50-47-44-41-38-35-29-26-23-20-17-14-11-8-5-2)66-61(63)55-52-49-46-43-40-37-33-27-24-21-18-15-12-9-6-3/h16,18-19,21,25,27-28,31-33,36,39,45,48,59H,4-15,17,20,22-24,26,29-30,34-35,37-38,40-44,46-47,49-58H2,1-3H3/b19-16-,21-18-,28-25-,32-31-,33-27-,39-36-,48-45-/t59-/m1/s1.